The first-order chi connectivity index (χ1) is 14.0. The molecule has 0 saturated heterocycles. The Hall–Kier alpha value is -3.27. The molecule has 3 N–H and O–H groups in total. The van der Waals surface area contributed by atoms with Crippen molar-refractivity contribution in [3.63, 3.8) is 0 Å². The van der Waals surface area contributed by atoms with E-state index >= 15 is 0 Å². The first-order valence-corrected chi connectivity index (χ1v) is 9.78. The number of carbonyl (C=O) groups is 1. The van der Waals surface area contributed by atoms with E-state index < -0.39 is 5.82 Å². The van der Waals surface area contributed by atoms with Crippen LogP contribution in [0, 0.1) is 5.82 Å². The van der Waals surface area contributed by atoms with Crippen molar-refractivity contribution in [3.05, 3.63) is 53.8 Å². The number of nitrogens with two attached hydrogens (primary N) is 1. The third-order valence-corrected chi connectivity index (χ3v) is 5.30. The van der Waals surface area contributed by atoms with E-state index in [0.717, 1.165) is 17.3 Å². The number of thioether (sulfide) groups is 1. The summed E-state index contributed by atoms with van der Waals surface area (Å²) in [6.07, 6.45) is 0. The van der Waals surface area contributed by atoms with Gasteiger partial charge in [0.2, 0.25) is 17.9 Å². The molecule has 2 heterocycles. The van der Waals surface area contributed by atoms with Crippen molar-refractivity contribution in [2.24, 2.45) is 0 Å². The van der Waals surface area contributed by atoms with Gasteiger partial charge in [0.05, 0.1) is 11.8 Å². The van der Waals surface area contributed by atoms with Crippen LogP contribution < -0.4 is 20.6 Å². The van der Waals surface area contributed by atoms with Gasteiger partial charge in [-0.1, -0.05) is 30.0 Å². The highest BCUT2D eigenvalue weighted by atomic mass is 32.2. The zero-order chi connectivity index (χ0) is 20.4. The van der Waals surface area contributed by atoms with Gasteiger partial charge in [-0.3, -0.25) is 4.79 Å². The highest BCUT2D eigenvalue weighted by molar-refractivity contribution is 7.99. The number of nitrogens with one attached hydrogen (secondary N) is 1. The second-order valence-electron chi connectivity index (χ2n) is 6.38. The van der Waals surface area contributed by atoms with Crippen molar-refractivity contribution in [1.82, 2.24) is 20.2 Å². The third-order valence-electron chi connectivity index (χ3n) is 4.35. The lowest BCUT2D eigenvalue weighted by atomic mass is 10.1. The predicted molar refractivity (Wildman–Crippen MR) is 105 cm³/mol. The lowest BCUT2D eigenvalue weighted by molar-refractivity contribution is -0.119. The standard InChI is InChI=1S/C19H18FN5O3S/c1-11(12-5-6-15-16(8-12)28-10-27-15)22-17(26)9-29-19-24-23-18(25(19)21)13-3-2-4-14(20)7-13/h2-8,11H,9-10,21H2,1H3,(H,22,26)/t11-/m1/s1. The van der Waals surface area contributed by atoms with Crippen molar-refractivity contribution >= 4 is 17.7 Å². The van der Waals surface area contributed by atoms with Crippen LogP contribution in [0.2, 0.25) is 0 Å². The van der Waals surface area contributed by atoms with Crippen molar-refractivity contribution in [2.75, 3.05) is 18.4 Å². The van der Waals surface area contributed by atoms with E-state index in [4.69, 9.17) is 15.3 Å². The van der Waals surface area contributed by atoms with Crippen molar-refractivity contribution in [1.29, 1.82) is 0 Å². The molecule has 29 heavy (non-hydrogen) atoms. The number of benzene rings is 2. The van der Waals surface area contributed by atoms with Gasteiger partial charge in [0.25, 0.3) is 0 Å². The minimum Gasteiger partial charge on any atom is -0.454 e. The minimum absolute atomic E-state index is 0.105. The van der Waals surface area contributed by atoms with Crippen LogP contribution in [0.25, 0.3) is 11.4 Å². The van der Waals surface area contributed by atoms with Crippen LogP contribution in [0.3, 0.4) is 0 Å². The van der Waals surface area contributed by atoms with Gasteiger partial charge in [0, 0.05) is 5.56 Å². The van der Waals surface area contributed by atoms with Crippen LogP contribution >= 0.6 is 11.8 Å². The summed E-state index contributed by atoms with van der Waals surface area (Å²) >= 11 is 1.15. The molecule has 0 radical (unpaired) electrons. The summed E-state index contributed by atoms with van der Waals surface area (Å²) in [7, 11) is 0. The molecule has 10 heteroatoms. The van der Waals surface area contributed by atoms with Gasteiger partial charge in [-0.15, -0.1) is 10.2 Å². The van der Waals surface area contributed by atoms with Gasteiger partial charge in [-0.05, 0) is 36.8 Å². The SMILES string of the molecule is C[C@@H](NC(=O)CSc1nnc(-c2cccc(F)c2)n1N)c1ccc2c(c1)OCO2. The van der Waals surface area contributed by atoms with Crippen LogP contribution in [0.4, 0.5) is 4.39 Å². The van der Waals surface area contributed by atoms with Gasteiger partial charge in [0.1, 0.15) is 5.82 Å². The summed E-state index contributed by atoms with van der Waals surface area (Å²) < 4.78 is 25.3. The summed E-state index contributed by atoms with van der Waals surface area (Å²) in [6.45, 7) is 2.08. The number of hydrogen-bond acceptors (Lipinski definition) is 7. The molecular weight excluding hydrogens is 397 g/mol. The Morgan fingerprint density at radius 3 is 2.93 bits per heavy atom. The number of nitrogens with zero attached hydrogens (tertiary/aromatic N) is 3. The maximum Gasteiger partial charge on any atom is 0.231 e. The van der Waals surface area contributed by atoms with Crippen LogP contribution in [0.1, 0.15) is 18.5 Å². The largest absolute Gasteiger partial charge is 0.454 e. The Morgan fingerprint density at radius 1 is 1.28 bits per heavy atom. The molecule has 1 aromatic heterocycles. The summed E-state index contributed by atoms with van der Waals surface area (Å²) in [5.41, 5.74) is 1.41. The summed E-state index contributed by atoms with van der Waals surface area (Å²) in [6, 6.07) is 11.2. The van der Waals surface area contributed by atoms with Gasteiger partial charge >= 0.3 is 0 Å². The molecule has 0 spiro atoms. The molecule has 0 unspecified atom stereocenters. The molecule has 8 nitrogen and oxygen atoms in total. The Bertz CT molecular complexity index is 1060. The van der Waals surface area contributed by atoms with Crippen LogP contribution in [-0.4, -0.2) is 33.3 Å². The highest BCUT2D eigenvalue weighted by Crippen LogP contribution is 2.34. The van der Waals surface area contributed by atoms with Gasteiger partial charge in [-0.25, -0.2) is 9.07 Å². The van der Waals surface area contributed by atoms with Crippen LogP contribution in [0.5, 0.6) is 11.5 Å². The normalized spacial score (nSPS) is 13.3. The molecule has 4 rings (SSSR count). The molecule has 0 bridgehead atoms. The Kier molecular flexibility index (Phi) is 5.26. The monoisotopic (exact) mass is 415 g/mol. The zero-order valence-electron chi connectivity index (χ0n) is 15.5. The second-order valence-corrected chi connectivity index (χ2v) is 7.32. The lowest BCUT2D eigenvalue weighted by Gasteiger charge is -2.14. The minimum atomic E-state index is -0.392. The zero-order valence-corrected chi connectivity index (χ0v) is 16.3. The van der Waals surface area contributed by atoms with E-state index in [9.17, 15) is 9.18 Å². The topological polar surface area (TPSA) is 104 Å². The molecule has 3 aromatic rings. The van der Waals surface area contributed by atoms with E-state index in [1.165, 1.54) is 16.8 Å². The number of fused-ring (bicyclic) bond motifs is 1. The molecule has 1 amide bonds. The molecule has 1 atom stereocenters. The molecule has 0 saturated carbocycles. The van der Waals surface area contributed by atoms with Crippen LogP contribution in [-0.2, 0) is 4.79 Å². The fraction of sp³-hybridized carbons (Fsp3) is 0.211. The molecule has 1 aliphatic heterocycles. The second kappa shape index (κ2) is 8.00. The molecule has 2 aromatic carbocycles. The van der Waals surface area contributed by atoms with Gasteiger partial charge < -0.3 is 20.6 Å². The van der Waals surface area contributed by atoms with E-state index in [-0.39, 0.29) is 24.5 Å². The van der Waals surface area contributed by atoms with Crippen molar-refractivity contribution < 1.29 is 18.7 Å². The average molecular weight is 415 g/mol. The van der Waals surface area contributed by atoms with Crippen molar-refractivity contribution in [2.45, 2.75) is 18.1 Å². The smallest absolute Gasteiger partial charge is 0.231 e. The Labute approximate surface area is 170 Å². The average Bonchev–Trinajstić information content (AvgIpc) is 3.32. The number of carbonyl (C=O) groups excluding carboxylic acids is 1. The fourth-order valence-corrected chi connectivity index (χ4v) is 3.55. The third kappa shape index (κ3) is 4.11. The molecule has 1 aliphatic rings. The van der Waals surface area contributed by atoms with Crippen molar-refractivity contribution in [3.8, 4) is 22.9 Å². The highest BCUT2D eigenvalue weighted by Gasteiger charge is 2.18. The Balaban J connectivity index is 1.36. The maximum absolute atomic E-state index is 13.4. The van der Waals surface area contributed by atoms with Gasteiger partial charge in [0.15, 0.2) is 17.3 Å². The Morgan fingerprint density at radius 2 is 2.10 bits per heavy atom. The van der Waals surface area contributed by atoms with E-state index in [1.54, 1.807) is 12.1 Å². The first kappa shape index (κ1) is 19.1. The maximum atomic E-state index is 13.4. The molecular formula is C19H18FN5O3S. The first-order valence-electron chi connectivity index (χ1n) is 8.79. The number of nitrogen functional groups attached to an aromatic ring is 1. The summed E-state index contributed by atoms with van der Waals surface area (Å²) in [5.74, 6) is 7.21. The van der Waals surface area contributed by atoms with Crippen LogP contribution in [0.15, 0.2) is 47.6 Å². The summed E-state index contributed by atoms with van der Waals surface area (Å²) in [4.78, 5) is 12.3. The van der Waals surface area contributed by atoms with E-state index in [1.807, 2.05) is 25.1 Å². The fourth-order valence-electron chi connectivity index (χ4n) is 2.88. The number of hydrogen-bond donors (Lipinski definition) is 2. The summed E-state index contributed by atoms with van der Waals surface area (Å²) in [5, 5.41) is 11.3. The number of halogens is 1. The number of amides is 1. The predicted octanol–water partition coefficient (Wildman–Crippen LogP) is 2.50. The number of rotatable bonds is 6. The van der Waals surface area contributed by atoms with Gasteiger partial charge in [-0.2, -0.15) is 0 Å². The lowest BCUT2D eigenvalue weighted by Crippen LogP contribution is -2.28. The molecule has 0 aliphatic carbocycles. The molecule has 150 valence electrons. The quantitative estimate of drug-likeness (QED) is 0.471. The van der Waals surface area contributed by atoms with E-state index in [2.05, 4.69) is 15.5 Å². The number of aromatic nitrogens is 3. The number of ether oxygens (including phenoxy) is 2. The molecule has 0 fully saturated rings. The van der Waals surface area contributed by atoms with E-state index in [0.29, 0.717) is 28.0 Å².